The quantitative estimate of drug-likeness (QED) is 0.885. The van der Waals surface area contributed by atoms with Gasteiger partial charge in [0.25, 0.3) is 0 Å². The number of carbonyl (C=O) groups is 2. The van der Waals surface area contributed by atoms with Crippen molar-refractivity contribution in [1.29, 1.82) is 0 Å². The average molecular weight is 304 g/mol. The second-order valence-electron chi connectivity index (χ2n) is 5.27. The Labute approximate surface area is 127 Å². The van der Waals surface area contributed by atoms with E-state index in [0.717, 1.165) is 11.3 Å². The van der Waals surface area contributed by atoms with Crippen LogP contribution in [0.25, 0.3) is 0 Å². The number of rotatable bonds is 3. The van der Waals surface area contributed by atoms with Gasteiger partial charge in [0.05, 0.1) is 11.6 Å². The summed E-state index contributed by atoms with van der Waals surface area (Å²) in [6.07, 6.45) is 0.534. The topological polar surface area (TPSA) is 59.3 Å². The van der Waals surface area contributed by atoms with Crippen molar-refractivity contribution in [1.82, 2.24) is 4.57 Å². The van der Waals surface area contributed by atoms with Gasteiger partial charge in [0.15, 0.2) is 0 Å². The van der Waals surface area contributed by atoms with Crippen molar-refractivity contribution in [2.75, 3.05) is 0 Å². The van der Waals surface area contributed by atoms with Gasteiger partial charge >= 0.3 is 5.97 Å². The van der Waals surface area contributed by atoms with Crippen LogP contribution >= 0.6 is 11.6 Å². The smallest absolute Gasteiger partial charge is 0.312 e. The monoisotopic (exact) mass is 303 g/mol. The second kappa shape index (κ2) is 5.04. The van der Waals surface area contributed by atoms with E-state index in [1.165, 1.54) is 0 Å². The van der Waals surface area contributed by atoms with Gasteiger partial charge in [-0.25, -0.2) is 0 Å². The highest BCUT2D eigenvalue weighted by atomic mass is 35.5. The minimum absolute atomic E-state index is 0.0959. The predicted octanol–water partition coefficient (Wildman–Crippen LogP) is 3.25. The summed E-state index contributed by atoms with van der Waals surface area (Å²) in [5.41, 5.74) is 2.67. The Bertz CT molecular complexity index is 731. The standard InChI is InChI=1S/C16H14ClNO3/c1-9-8-13-12(16(20)21)6-7-18(13)14(9)15(19)10-2-4-11(17)5-3-10/h2-5,8,12H,6-7H2,1H3,(H,20,21). The molecule has 2 heterocycles. The Balaban J connectivity index is 2.04. The summed E-state index contributed by atoms with van der Waals surface area (Å²) in [5, 5.41) is 9.81. The molecular weight excluding hydrogens is 290 g/mol. The van der Waals surface area contributed by atoms with E-state index in [1.807, 2.05) is 17.6 Å². The van der Waals surface area contributed by atoms with E-state index >= 15 is 0 Å². The van der Waals surface area contributed by atoms with E-state index in [4.69, 9.17) is 11.6 Å². The van der Waals surface area contributed by atoms with Crippen molar-refractivity contribution in [3.8, 4) is 0 Å². The van der Waals surface area contributed by atoms with Crippen LogP contribution in [0, 0.1) is 6.92 Å². The third-order valence-corrected chi connectivity index (χ3v) is 4.19. The van der Waals surface area contributed by atoms with Gasteiger partial charge in [-0.1, -0.05) is 11.6 Å². The zero-order valence-corrected chi connectivity index (χ0v) is 12.2. The summed E-state index contributed by atoms with van der Waals surface area (Å²) < 4.78 is 1.84. The molecule has 1 atom stereocenters. The van der Waals surface area contributed by atoms with Gasteiger partial charge in [-0.15, -0.1) is 0 Å². The highest BCUT2D eigenvalue weighted by molar-refractivity contribution is 6.30. The van der Waals surface area contributed by atoms with E-state index in [0.29, 0.717) is 29.2 Å². The number of halogens is 1. The van der Waals surface area contributed by atoms with Crippen LogP contribution in [0.5, 0.6) is 0 Å². The van der Waals surface area contributed by atoms with Gasteiger partial charge in [0, 0.05) is 22.8 Å². The molecule has 1 aliphatic heterocycles. The maximum Gasteiger partial charge on any atom is 0.312 e. The molecule has 0 fully saturated rings. The van der Waals surface area contributed by atoms with Crippen molar-refractivity contribution in [3.05, 3.63) is 57.9 Å². The average Bonchev–Trinajstić information content (AvgIpc) is 2.96. The largest absolute Gasteiger partial charge is 0.481 e. The fourth-order valence-corrected chi connectivity index (χ4v) is 3.06. The van der Waals surface area contributed by atoms with Crippen LogP contribution in [0.4, 0.5) is 0 Å². The van der Waals surface area contributed by atoms with Crippen molar-refractivity contribution in [3.63, 3.8) is 0 Å². The highest BCUT2D eigenvalue weighted by Crippen LogP contribution is 2.33. The molecule has 1 aromatic heterocycles. The molecule has 0 bridgehead atoms. The Hall–Kier alpha value is -2.07. The first kappa shape index (κ1) is 13.9. The van der Waals surface area contributed by atoms with Crippen LogP contribution in [0.1, 0.15) is 39.6 Å². The summed E-state index contributed by atoms with van der Waals surface area (Å²) >= 11 is 5.84. The minimum atomic E-state index is -0.836. The number of benzene rings is 1. The third-order valence-electron chi connectivity index (χ3n) is 3.94. The molecule has 108 valence electrons. The molecule has 5 heteroatoms. The van der Waals surface area contributed by atoms with Crippen molar-refractivity contribution >= 4 is 23.4 Å². The molecular formula is C16H14ClNO3. The molecule has 3 rings (SSSR count). The molecule has 2 aromatic rings. The summed E-state index contributed by atoms with van der Waals surface area (Å²) in [7, 11) is 0. The summed E-state index contributed by atoms with van der Waals surface area (Å²) in [6, 6.07) is 8.55. The van der Waals surface area contributed by atoms with Crippen molar-refractivity contribution in [2.45, 2.75) is 25.8 Å². The minimum Gasteiger partial charge on any atom is -0.481 e. The Morgan fingerprint density at radius 3 is 2.57 bits per heavy atom. The van der Waals surface area contributed by atoms with E-state index in [1.54, 1.807) is 24.3 Å². The van der Waals surface area contributed by atoms with Gasteiger partial charge in [-0.2, -0.15) is 0 Å². The molecule has 21 heavy (non-hydrogen) atoms. The number of nitrogens with zero attached hydrogens (tertiary/aromatic N) is 1. The Kier molecular flexibility index (Phi) is 3.33. The summed E-state index contributed by atoms with van der Waals surface area (Å²) in [5.74, 6) is -1.45. The predicted molar refractivity (Wildman–Crippen MR) is 79.0 cm³/mol. The van der Waals surface area contributed by atoms with Crippen molar-refractivity contribution < 1.29 is 14.7 Å². The lowest BCUT2D eigenvalue weighted by Crippen LogP contribution is -2.10. The van der Waals surface area contributed by atoms with Crippen LogP contribution in [-0.4, -0.2) is 21.4 Å². The van der Waals surface area contributed by atoms with E-state index < -0.39 is 11.9 Å². The number of carboxylic acid groups (broad SMARTS) is 1. The van der Waals surface area contributed by atoms with Gasteiger partial charge in [-0.05, 0) is 49.2 Å². The molecule has 0 radical (unpaired) electrons. The molecule has 0 aliphatic carbocycles. The molecule has 0 saturated heterocycles. The zero-order valence-electron chi connectivity index (χ0n) is 11.5. The number of fused-ring (bicyclic) bond motifs is 1. The number of hydrogen-bond donors (Lipinski definition) is 1. The molecule has 1 aromatic carbocycles. The van der Waals surface area contributed by atoms with Gasteiger partial charge < -0.3 is 9.67 Å². The number of aliphatic carboxylic acids is 1. The van der Waals surface area contributed by atoms with Crippen LogP contribution in [0.3, 0.4) is 0 Å². The van der Waals surface area contributed by atoms with Gasteiger partial charge in [0.1, 0.15) is 0 Å². The van der Waals surface area contributed by atoms with Crippen LogP contribution in [-0.2, 0) is 11.3 Å². The van der Waals surface area contributed by atoms with E-state index in [-0.39, 0.29) is 5.78 Å². The number of aryl methyl sites for hydroxylation is 1. The Morgan fingerprint density at radius 2 is 1.95 bits per heavy atom. The van der Waals surface area contributed by atoms with Crippen molar-refractivity contribution in [2.24, 2.45) is 0 Å². The number of hydrogen-bond acceptors (Lipinski definition) is 2. The first-order chi connectivity index (χ1) is 9.99. The van der Waals surface area contributed by atoms with Gasteiger partial charge in [0.2, 0.25) is 5.78 Å². The van der Waals surface area contributed by atoms with E-state index in [2.05, 4.69) is 0 Å². The molecule has 0 saturated carbocycles. The molecule has 0 spiro atoms. The lowest BCUT2D eigenvalue weighted by atomic mass is 10.0. The van der Waals surface area contributed by atoms with Crippen LogP contribution < -0.4 is 0 Å². The maximum absolute atomic E-state index is 12.7. The van der Waals surface area contributed by atoms with E-state index in [9.17, 15) is 14.7 Å². The fourth-order valence-electron chi connectivity index (χ4n) is 2.94. The number of carboxylic acids is 1. The first-order valence-corrected chi connectivity index (χ1v) is 7.10. The SMILES string of the molecule is Cc1cc2n(c1C(=O)c1ccc(Cl)cc1)CCC2C(=O)O. The number of aromatic nitrogens is 1. The van der Waals surface area contributed by atoms with Gasteiger partial charge in [-0.3, -0.25) is 9.59 Å². The summed E-state index contributed by atoms with van der Waals surface area (Å²) in [6.45, 7) is 2.40. The Morgan fingerprint density at radius 1 is 1.29 bits per heavy atom. The lowest BCUT2D eigenvalue weighted by molar-refractivity contribution is -0.138. The third kappa shape index (κ3) is 2.25. The normalized spacial score (nSPS) is 16.8. The fraction of sp³-hybridized carbons (Fsp3) is 0.250. The zero-order chi connectivity index (χ0) is 15.1. The molecule has 0 amide bonds. The molecule has 1 aliphatic rings. The maximum atomic E-state index is 12.7. The number of carbonyl (C=O) groups excluding carboxylic acids is 1. The molecule has 4 nitrogen and oxygen atoms in total. The second-order valence-corrected chi connectivity index (χ2v) is 5.70. The molecule has 1 unspecified atom stereocenters. The number of ketones is 1. The highest BCUT2D eigenvalue weighted by Gasteiger charge is 2.33. The molecule has 1 N–H and O–H groups in total. The first-order valence-electron chi connectivity index (χ1n) is 6.72. The summed E-state index contributed by atoms with van der Waals surface area (Å²) in [4.78, 5) is 23.9. The lowest BCUT2D eigenvalue weighted by Gasteiger charge is -2.07. The van der Waals surface area contributed by atoms with Crippen LogP contribution in [0.15, 0.2) is 30.3 Å². The van der Waals surface area contributed by atoms with Crippen LogP contribution in [0.2, 0.25) is 5.02 Å².